The fraction of sp³-hybridized carbons (Fsp3) is 0.172. The average Bonchev–Trinajstić information content (AvgIpc) is 2.88. The van der Waals surface area contributed by atoms with Crippen LogP contribution < -0.4 is 10.6 Å². The normalized spacial score (nSPS) is 10.7. The van der Waals surface area contributed by atoms with Crippen LogP contribution in [0.5, 0.6) is 0 Å². The molecule has 0 atom stereocenters. The summed E-state index contributed by atoms with van der Waals surface area (Å²) in [5.41, 5.74) is 3.80. The van der Waals surface area contributed by atoms with Gasteiger partial charge in [-0.2, -0.15) is 0 Å². The lowest BCUT2D eigenvalue weighted by Gasteiger charge is -2.09. The van der Waals surface area contributed by atoms with E-state index in [0.717, 1.165) is 27.5 Å². The van der Waals surface area contributed by atoms with E-state index in [9.17, 15) is 9.59 Å². The Hall–Kier alpha value is -3.96. The molecule has 4 aromatic rings. The standard InChI is InChI=1S/C29H28N2O3/c32-28(15-16-30-29(33)27-14-13-25-11-4-5-12-26(25)18-27)31-19-23-9-6-10-24(17-23)21-34-20-22-7-2-1-3-8-22/h1-14,17-18H,15-16,19-21H2,(H,30,33)(H,31,32). The van der Waals surface area contributed by atoms with E-state index in [1.165, 1.54) is 0 Å². The van der Waals surface area contributed by atoms with Crippen LogP contribution in [0.1, 0.15) is 33.5 Å². The van der Waals surface area contributed by atoms with E-state index in [2.05, 4.69) is 10.6 Å². The van der Waals surface area contributed by atoms with Crippen molar-refractivity contribution >= 4 is 22.6 Å². The quantitative estimate of drug-likeness (QED) is 0.356. The zero-order valence-electron chi connectivity index (χ0n) is 19.0. The van der Waals surface area contributed by atoms with E-state index >= 15 is 0 Å². The third-order valence-corrected chi connectivity index (χ3v) is 5.51. The van der Waals surface area contributed by atoms with Crippen molar-refractivity contribution in [1.82, 2.24) is 10.6 Å². The summed E-state index contributed by atoms with van der Waals surface area (Å²) in [5.74, 6) is -0.286. The van der Waals surface area contributed by atoms with Gasteiger partial charge in [0.05, 0.1) is 13.2 Å². The van der Waals surface area contributed by atoms with E-state index in [1.807, 2.05) is 91.0 Å². The van der Waals surface area contributed by atoms with Crippen molar-refractivity contribution in [2.75, 3.05) is 6.54 Å². The molecule has 0 saturated carbocycles. The van der Waals surface area contributed by atoms with Crippen LogP contribution in [0.4, 0.5) is 0 Å². The van der Waals surface area contributed by atoms with E-state index in [-0.39, 0.29) is 24.8 Å². The molecule has 0 aliphatic carbocycles. The topological polar surface area (TPSA) is 67.4 Å². The number of carbonyl (C=O) groups is 2. The molecule has 0 heterocycles. The van der Waals surface area contributed by atoms with Crippen LogP contribution in [0.3, 0.4) is 0 Å². The Morgan fingerprint density at radius 2 is 1.35 bits per heavy atom. The summed E-state index contributed by atoms with van der Waals surface area (Å²) in [7, 11) is 0. The van der Waals surface area contributed by atoms with Crippen molar-refractivity contribution in [1.29, 1.82) is 0 Å². The summed E-state index contributed by atoms with van der Waals surface area (Å²) in [6, 6.07) is 31.5. The number of hydrogen-bond donors (Lipinski definition) is 2. The molecular weight excluding hydrogens is 424 g/mol. The van der Waals surface area contributed by atoms with E-state index < -0.39 is 0 Å². The van der Waals surface area contributed by atoms with Crippen molar-refractivity contribution in [2.24, 2.45) is 0 Å². The molecule has 172 valence electrons. The van der Waals surface area contributed by atoms with Crippen molar-refractivity contribution in [3.8, 4) is 0 Å². The van der Waals surface area contributed by atoms with Gasteiger partial charge in [-0.1, -0.05) is 84.9 Å². The zero-order chi connectivity index (χ0) is 23.6. The first kappa shape index (κ1) is 23.2. The molecule has 2 amide bonds. The molecule has 0 saturated heterocycles. The van der Waals surface area contributed by atoms with Gasteiger partial charge >= 0.3 is 0 Å². The third-order valence-electron chi connectivity index (χ3n) is 5.51. The maximum Gasteiger partial charge on any atom is 0.251 e. The Morgan fingerprint density at radius 1 is 0.647 bits per heavy atom. The fourth-order valence-electron chi connectivity index (χ4n) is 3.70. The lowest BCUT2D eigenvalue weighted by molar-refractivity contribution is -0.121. The molecule has 0 aromatic heterocycles. The lowest BCUT2D eigenvalue weighted by Crippen LogP contribution is -2.30. The second-order valence-electron chi connectivity index (χ2n) is 8.14. The largest absolute Gasteiger partial charge is 0.372 e. The van der Waals surface area contributed by atoms with Crippen LogP contribution in [0.25, 0.3) is 10.8 Å². The Bertz CT molecular complexity index is 1250. The van der Waals surface area contributed by atoms with E-state index in [1.54, 1.807) is 6.07 Å². The molecular formula is C29H28N2O3. The van der Waals surface area contributed by atoms with Crippen molar-refractivity contribution < 1.29 is 14.3 Å². The van der Waals surface area contributed by atoms with Gasteiger partial charge in [-0.3, -0.25) is 9.59 Å². The summed E-state index contributed by atoms with van der Waals surface area (Å²) < 4.78 is 5.79. The third kappa shape index (κ3) is 6.77. The lowest BCUT2D eigenvalue weighted by atomic mass is 10.1. The summed E-state index contributed by atoms with van der Waals surface area (Å²) >= 11 is 0. The monoisotopic (exact) mass is 452 g/mol. The molecule has 4 rings (SSSR count). The predicted octanol–water partition coefficient (Wildman–Crippen LogP) is 4.99. The summed E-state index contributed by atoms with van der Waals surface area (Å²) in [4.78, 5) is 24.6. The number of rotatable bonds is 10. The Kier molecular flexibility index (Phi) is 8.04. The number of nitrogens with one attached hydrogen (secondary N) is 2. The molecule has 5 heteroatoms. The van der Waals surface area contributed by atoms with Gasteiger partial charge in [-0.15, -0.1) is 0 Å². The maximum atomic E-state index is 12.4. The summed E-state index contributed by atoms with van der Waals surface area (Å²) in [6.45, 7) is 1.79. The van der Waals surface area contributed by atoms with Crippen LogP contribution >= 0.6 is 0 Å². The minimum Gasteiger partial charge on any atom is -0.372 e. The highest BCUT2D eigenvalue weighted by Gasteiger charge is 2.08. The average molecular weight is 453 g/mol. The zero-order valence-corrected chi connectivity index (χ0v) is 19.0. The second-order valence-corrected chi connectivity index (χ2v) is 8.14. The molecule has 0 radical (unpaired) electrons. The molecule has 0 unspecified atom stereocenters. The molecule has 0 bridgehead atoms. The molecule has 4 aromatic carbocycles. The van der Waals surface area contributed by atoms with Crippen LogP contribution in [0, 0.1) is 0 Å². The fourth-order valence-corrected chi connectivity index (χ4v) is 3.70. The van der Waals surface area contributed by atoms with Gasteiger partial charge in [0.25, 0.3) is 5.91 Å². The number of carbonyl (C=O) groups excluding carboxylic acids is 2. The maximum absolute atomic E-state index is 12.4. The van der Waals surface area contributed by atoms with Gasteiger partial charge in [0.2, 0.25) is 5.91 Å². The molecule has 0 aliphatic rings. The highest BCUT2D eigenvalue weighted by molar-refractivity contribution is 5.98. The number of amides is 2. The van der Waals surface area contributed by atoms with Crippen molar-refractivity contribution in [3.63, 3.8) is 0 Å². The molecule has 5 nitrogen and oxygen atoms in total. The molecule has 2 N–H and O–H groups in total. The Labute approximate surface area is 199 Å². The number of hydrogen-bond acceptors (Lipinski definition) is 3. The van der Waals surface area contributed by atoms with Gasteiger partial charge in [-0.25, -0.2) is 0 Å². The predicted molar refractivity (Wildman–Crippen MR) is 134 cm³/mol. The van der Waals surface area contributed by atoms with E-state index in [4.69, 9.17) is 4.74 Å². The SMILES string of the molecule is O=C(CCNC(=O)c1ccc2ccccc2c1)NCc1cccc(COCc2ccccc2)c1. The summed E-state index contributed by atoms with van der Waals surface area (Å²) in [5, 5.41) is 7.84. The van der Waals surface area contributed by atoms with Crippen molar-refractivity contribution in [3.05, 3.63) is 119 Å². The number of benzene rings is 4. The highest BCUT2D eigenvalue weighted by atomic mass is 16.5. The van der Waals surface area contributed by atoms with Crippen LogP contribution in [-0.4, -0.2) is 18.4 Å². The first-order valence-corrected chi connectivity index (χ1v) is 11.4. The summed E-state index contributed by atoms with van der Waals surface area (Å²) in [6.07, 6.45) is 0.221. The van der Waals surface area contributed by atoms with Gasteiger partial charge < -0.3 is 15.4 Å². The van der Waals surface area contributed by atoms with Crippen LogP contribution in [0.15, 0.2) is 97.1 Å². The number of ether oxygens (including phenoxy) is 1. The van der Waals surface area contributed by atoms with Crippen molar-refractivity contribution in [2.45, 2.75) is 26.2 Å². The second kappa shape index (κ2) is 11.8. The smallest absolute Gasteiger partial charge is 0.251 e. The molecule has 0 fully saturated rings. The minimum atomic E-state index is -0.179. The number of fused-ring (bicyclic) bond motifs is 1. The molecule has 34 heavy (non-hydrogen) atoms. The Morgan fingerprint density at radius 3 is 2.21 bits per heavy atom. The molecule has 0 spiro atoms. The highest BCUT2D eigenvalue weighted by Crippen LogP contribution is 2.15. The first-order chi connectivity index (χ1) is 16.7. The first-order valence-electron chi connectivity index (χ1n) is 11.4. The van der Waals surface area contributed by atoms with Gasteiger partial charge in [0.15, 0.2) is 0 Å². The minimum absolute atomic E-state index is 0.107. The van der Waals surface area contributed by atoms with Gasteiger partial charge in [-0.05, 0) is 39.6 Å². The Balaban J connectivity index is 1.18. The van der Waals surface area contributed by atoms with Crippen LogP contribution in [-0.2, 0) is 29.3 Å². The molecule has 0 aliphatic heterocycles. The van der Waals surface area contributed by atoms with E-state index in [0.29, 0.717) is 25.3 Å². The van der Waals surface area contributed by atoms with Gasteiger partial charge in [0.1, 0.15) is 0 Å². The van der Waals surface area contributed by atoms with Crippen LogP contribution in [0.2, 0.25) is 0 Å². The van der Waals surface area contributed by atoms with Gasteiger partial charge in [0, 0.05) is 25.1 Å².